The predicted octanol–water partition coefficient (Wildman–Crippen LogP) is 2.64. The third-order valence-electron chi connectivity index (χ3n) is 3.34. The lowest BCUT2D eigenvalue weighted by atomic mass is 10.1. The highest BCUT2D eigenvalue weighted by molar-refractivity contribution is 5.42. The van der Waals surface area contributed by atoms with Crippen molar-refractivity contribution in [2.45, 2.75) is 13.0 Å². The van der Waals surface area contributed by atoms with E-state index in [1.54, 1.807) is 7.11 Å². The Hall–Kier alpha value is -2.60. The molecule has 22 heavy (non-hydrogen) atoms. The number of phenolic OH excluding ortho intramolecular Hbond substituents is 1. The monoisotopic (exact) mass is 302 g/mol. The first-order valence-electron chi connectivity index (χ1n) is 6.90. The number of nitro groups is 1. The molecule has 0 heterocycles. The largest absolute Gasteiger partial charge is 0.508 e. The average molecular weight is 302 g/mol. The van der Waals surface area contributed by atoms with Crippen LogP contribution in [0.5, 0.6) is 11.5 Å². The number of methoxy groups -OCH3 is 1. The van der Waals surface area contributed by atoms with E-state index in [4.69, 9.17) is 4.74 Å². The summed E-state index contributed by atoms with van der Waals surface area (Å²) in [4.78, 5) is 10.3. The summed E-state index contributed by atoms with van der Waals surface area (Å²) in [7, 11) is 1.63. The number of aromatic hydroxyl groups is 1. The lowest BCUT2D eigenvalue weighted by Gasteiger charge is -2.07. The van der Waals surface area contributed by atoms with Gasteiger partial charge in [0.25, 0.3) is 5.69 Å². The number of nitro benzene ring substituents is 1. The summed E-state index contributed by atoms with van der Waals surface area (Å²) in [5.41, 5.74) is 1.66. The van der Waals surface area contributed by atoms with Gasteiger partial charge in [-0.2, -0.15) is 0 Å². The molecular formula is C16H18N2O4. The van der Waals surface area contributed by atoms with Gasteiger partial charge >= 0.3 is 0 Å². The van der Waals surface area contributed by atoms with Crippen LogP contribution >= 0.6 is 0 Å². The number of nitrogens with one attached hydrogen (secondary N) is 1. The van der Waals surface area contributed by atoms with Crippen LogP contribution in [0.4, 0.5) is 5.69 Å². The van der Waals surface area contributed by atoms with Gasteiger partial charge in [-0.15, -0.1) is 0 Å². The van der Waals surface area contributed by atoms with Gasteiger partial charge in [0.15, 0.2) is 0 Å². The zero-order chi connectivity index (χ0) is 15.9. The standard InChI is InChI=1S/C16H18N2O4/c1-22-15-5-2-12(3-6-15)8-9-17-11-13-10-14(18(20)21)4-7-16(13)19/h2-7,10,17,19H,8-9,11H2,1H3. The molecule has 2 aromatic rings. The summed E-state index contributed by atoms with van der Waals surface area (Å²) in [6, 6.07) is 11.8. The van der Waals surface area contributed by atoms with Crippen LogP contribution in [0.2, 0.25) is 0 Å². The van der Waals surface area contributed by atoms with Crippen molar-refractivity contribution in [2.75, 3.05) is 13.7 Å². The topological polar surface area (TPSA) is 84.6 Å². The number of benzene rings is 2. The van der Waals surface area contributed by atoms with Crippen LogP contribution in [-0.4, -0.2) is 23.7 Å². The SMILES string of the molecule is COc1ccc(CCNCc2cc([N+](=O)[O-])ccc2O)cc1. The number of non-ortho nitro benzene ring substituents is 1. The molecule has 2 aromatic carbocycles. The van der Waals surface area contributed by atoms with Gasteiger partial charge in [0.1, 0.15) is 11.5 Å². The quantitative estimate of drug-likeness (QED) is 0.466. The molecule has 0 amide bonds. The summed E-state index contributed by atoms with van der Waals surface area (Å²) in [6.45, 7) is 1.08. The van der Waals surface area contributed by atoms with Gasteiger partial charge in [-0.25, -0.2) is 0 Å². The molecular weight excluding hydrogens is 284 g/mol. The minimum absolute atomic E-state index is 0.0234. The van der Waals surface area contributed by atoms with E-state index in [2.05, 4.69) is 5.32 Å². The van der Waals surface area contributed by atoms with Crippen molar-refractivity contribution in [1.29, 1.82) is 0 Å². The zero-order valence-electron chi connectivity index (χ0n) is 12.3. The molecule has 0 saturated carbocycles. The maximum atomic E-state index is 10.7. The summed E-state index contributed by atoms with van der Waals surface area (Å²) in [5.74, 6) is 0.876. The zero-order valence-corrected chi connectivity index (χ0v) is 12.3. The van der Waals surface area contributed by atoms with Gasteiger partial charge in [-0.1, -0.05) is 12.1 Å². The Bertz CT molecular complexity index is 641. The molecule has 0 aliphatic rings. The second-order valence-electron chi connectivity index (χ2n) is 4.84. The van der Waals surface area contributed by atoms with Crippen molar-refractivity contribution in [3.63, 3.8) is 0 Å². The lowest BCUT2D eigenvalue weighted by molar-refractivity contribution is -0.384. The Morgan fingerprint density at radius 3 is 2.59 bits per heavy atom. The molecule has 116 valence electrons. The van der Waals surface area contributed by atoms with E-state index < -0.39 is 4.92 Å². The van der Waals surface area contributed by atoms with Crippen LogP contribution in [-0.2, 0) is 13.0 Å². The summed E-state index contributed by atoms with van der Waals surface area (Å²) >= 11 is 0. The third-order valence-corrected chi connectivity index (χ3v) is 3.34. The number of ether oxygens (including phenoxy) is 1. The fourth-order valence-electron chi connectivity index (χ4n) is 2.08. The first kappa shape index (κ1) is 15.8. The van der Waals surface area contributed by atoms with Crippen molar-refractivity contribution < 1.29 is 14.8 Å². The van der Waals surface area contributed by atoms with E-state index in [0.29, 0.717) is 18.7 Å². The van der Waals surface area contributed by atoms with E-state index >= 15 is 0 Å². The van der Waals surface area contributed by atoms with E-state index in [9.17, 15) is 15.2 Å². The summed E-state index contributed by atoms with van der Waals surface area (Å²) in [6.07, 6.45) is 0.819. The highest BCUT2D eigenvalue weighted by Gasteiger charge is 2.09. The first-order chi connectivity index (χ1) is 10.6. The summed E-state index contributed by atoms with van der Waals surface area (Å²) < 4.78 is 5.10. The molecule has 0 atom stereocenters. The summed E-state index contributed by atoms with van der Waals surface area (Å²) in [5, 5.41) is 23.6. The van der Waals surface area contributed by atoms with Gasteiger partial charge in [0, 0.05) is 24.2 Å². The normalized spacial score (nSPS) is 10.4. The van der Waals surface area contributed by atoms with Crippen LogP contribution in [0.25, 0.3) is 0 Å². The van der Waals surface area contributed by atoms with Crippen LogP contribution in [0.3, 0.4) is 0 Å². The first-order valence-corrected chi connectivity index (χ1v) is 6.90. The molecule has 6 nitrogen and oxygen atoms in total. The molecule has 0 aliphatic carbocycles. The average Bonchev–Trinajstić information content (AvgIpc) is 2.53. The van der Waals surface area contributed by atoms with Crippen molar-refractivity contribution in [3.05, 3.63) is 63.7 Å². The Labute approximate surface area is 128 Å². The molecule has 0 spiro atoms. The van der Waals surface area contributed by atoms with Crippen LogP contribution < -0.4 is 10.1 Å². The minimum atomic E-state index is -0.472. The molecule has 6 heteroatoms. The van der Waals surface area contributed by atoms with Gasteiger partial charge in [-0.05, 0) is 36.7 Å². The fourth-order valence-corrected chi connectivity index (χ4v) is 2.08. The molecule has 0 unspecified atom stereocenters. The predicted molar refractivity (Wildman–Crippen MR) is 83.2 cm³/mol. The van der Waals surface area contributed by atoms with E-state index in [0.717, 1.165) is 17.7 Å². The highest BCUT2D eigenvalue weighted by atomic mass is 16.6. The number of nitrogens with zero attached hydrogens (tertiary/aromatic N) is 1. The molecule has 0 bridgehead atoms. The molecule has 2 N–H and O–H groups in total. The Morgan fingerprint density at radius 1 is 1.23 bits per heavy atom. The number of hydrogen-bond donors (Lipinski definition) is 2. The second-order valence-corrected chi connectivity index (χ2v) is 4.84. The third kappa shape index (κ3) is 4.20. The van der Waals surface area contributed by atoms with E-state index in [1.807, 2.05) is 24.3 Å². The molecule has 0 fully saturated rings. The van der Waals surface area contributed by atoms with Gasteiger partial charge in [-0.3, -0.25) is 10.1 Å². The van der Waals surface area contributed by atoms with Gasteiger partial charge in [0.05, 0.1) is 12.0 Å². The molecule has 0 saturated heterocycles. The second kappa shape index (κ2) is 7.42. The highest BCUT2D eigenvalue weighted by Crippen LogP contribution is 2.22. The van der Waals surface area contributed by atoms with Crippen molar-refractivity contribution in [3.8, 4) is 11.5 Å². The fraction of sp³-hybridized carbons (Fsp3) is 0.250. The number of phenols is 1. The molecule has 2 rings (SSSR count). The number of rotatable bonds is 7. The van der Waals surface area contributed by atoms with Crippen LogP contribution in [0.1, 0.15) is 11.1 Å². The molecule has 0 aromatic heterocycles. The van der Waals surface area contributed by atoms with Crippen molar-refractivity contribution in [2.24, 2.45) is 0 Å². The van der Waals surface area contributed by atoms with Crippen molar-refractivity contribution >= 4 is 5.69 Å². The van der Waals surface area contributed by atoms with Gasteiger partial charge in [0.2, 0.25) is 0 Å². The Kier molecular flexibility index (Phi) is 5.32. The maximum Gasteiger partial charge on any atom is 0.270 e. The van der Waals surface area contributed by atoms with E-state index in [-0.39, 0.29) is 11.4 Å². The van der Waals surface area contributed by atoms with Crippen LogP contribution in [0, 0.1) is 10.1 Å². The van der Waals surface area contributed by atoms with Crippen molar-refractivity contribution in [1.82, 2.24) is 5.32 Å². The lowest BCUT2D eigenvalue weighted by Crippen LogP contribution is -2.16. The maximum absolute atomic E-state index is 10.7. The molecule has 0 aliphatic heterocycles. The van der Waals surface area contributed by atoms with E-state index in [1.165, 1.54) is 18.2 Å². The number of hydrogen-bond acceptors (Lipinski definition) is 5. The van der Waals surface area contributed by atoms with Crippen LogP contribution in [0.15, 0.2) is 42.5 Å². The smallest absolute Gasteiger partial charge is 0.270 e. The Morgan fingerprint density at radius 2 is 1.95 bits per heavy atom. The molecule has 0 radical (unpaired) electrons. The van der Waals surface area contributed by atoms with Gasteiger partial charge < -0.3 is 15.2 Å². The Balaban J connectivity index is 1.85. The minimum Gasteiger partial charge on any atom is -0.508 e.